The molecule has 2 N–H and O–H groups in total. The Morgan fingerprint density at radius 2 is 1.95 bits per heavy atom. The van der Waals surface area contributed by atoms with E-state index in [1.807, 2.05) is 0 Å². The smallest absolute Gasteiger partial charge is 0.193 e. The number of hydrogen-bond donors (Lipinski definition) is 1. The van der Waals surface area contributed by atoms with Gasteiger partial charge in [-0.15, -0.1) is 0 Å². The molecule has 0 amide bonds. The van der Waals surface area contributed by atoms with Crippen molar-refractivity contribution in [3.8, 4) is 17.1 Å². The van der Waals surface area contributed by atoms with E-state index < -0.39 is 5.82 Å². The number of methoxy groups -OCH3 is 1. The highest BCUT2D eigenvalue weighted by atomic mass is 19.1. The van der Waals surface area contributed by atoms with Crippen molar-refractivity contribution in [3.05, 3.63) is 58.5 Å². The third kappa shape index (κ3) is 2.33. The molecule has 0 bridgehead atoms. The summed E-state index contributed by atoms with van der Waals surface area (Å²) in [5.41, 5.74) is 6.96. The van der Waals surface area contributed by atoms with E-state index in [1.165, 1.54) is 25.3 Å². The quantitative estimate of drug-likeness (QED) is 0.734. The average Bonchev–Trinajstić information content (AvgIpc) is 2.47. The minimum atomic E-state index is -0.476. The molecule has 0 radical (unpaired) electrons. The van der Waals surface area contributed by atoms with E-state index in [4.69, 9.17) is 14.9 Å². The number of halogens is 1. The van der Waals surface area contributed by atoms with Crippen LogP contribution >= 0.6 is 0 Å². The molecule has 0 aliphatic heterocycles. The number of ether oxygens (including phenoxy) is 1. The Hall–Kier alpha value is -2.82. The van der Waals surface area contributed by atoms with Crippen molar-refractivity contribution in [2.75, 3.05) is 12.8 Å². The van der Waals surface area contributed by atoms with Crippen molar-refractivity contribution in [3.63, 3.8) is 0 Å². The maximum Gasteiger partial charge on any atom is 0.193 e. The van der Waals surface area contributed by atoms with Crippen molar-refractivity contribution < 1.29 is 13.5 Å². The standard InChI is InChI=1S/C16H12FNO3/c1-20-15-4-2-9(6-12(15)18)16-8-13(19)11-7-10(17)3-5-14(11)21-16/h2-8H,18H2,1H3. The average molecular weight is 285 g/mol. The first-order valence-corrected chi connectivity index (χ1v) is 6.26. The molecule has 1 heterocycles. The van der Waals surface area contributed by atoms with Gasteiger partial charge in [-0.05, 0) is 36.4 Å². The number of nitrogen functional groups attached to an aromatic ring is 1. The first-order chi connectivity index (χ1) is 10.1. The van der Waals surface area contributed by atoms with Gasteiger partial charge in [-0.25, -0.2) is 4.39 Å². The van der Waals surface area contributed by atoms with Gasteiger partial charge in [0.15, 0.2) is 5.43 Å². The van der Waals surface area contributed by atoms with Crippen LogP contribution in [0.2, 0.25) is 0 Å². The van der Waals surface area contributed by atoms with Crippen LogP contribution in [-0.2, 0) is 0 Å². The predicted molar refractivity (Wildman–Crippen MR) is 78.8 cm³/mol. The molecule has 3 rings (SSSR count). The van der Waals surface area contributed by atoms with Crippen LogP contribution in [0.3, 0.4) is 0 Å². The van der Waals surface area contributed by atoms with E-state index in [9.17, 15) is 9.18 Å². The Morgan fingerprint density at radius 1 is 1.14 bits per heavy atom. The van der Waals surface area contributed by atoms with Gasteiger partial charge in [-0.1, -0.05) is 0 Å². The SMILES string of the molecule is COc1ccc(-c2cc(=O)c3cc(F)ccc3o2)cc1N. The molecular formula is C16H12FNO3. The topological polar surface area (TPSA) is 65.5 Å². The third-order valence-electron chi connectivity index (χ3n) is 3.20. The number of anilines is 1. The summed E-state index contributed by atoms with van der Waals surface area (Å²) in [5.74, 6) is 0.439. The maximum atomic E-state index is 13.2. The van der Waals surface area contributed by atoms with E-state index in [2.05, 4.69) is 0 Å². The third-order valence-corrected chi connectivity index (χ3v) is 3.20. The first kappa shape index (κ1) is 13.2. The van der Waals surface area contributed by atoms with Gasteiger partial charge in [0.25, 0.3) is 0 Å². The van der Waals surface area contributed by atoms with Crippen LogP contribution in [0.5, 0.6) is 5.75 Å². The molecule has 21 heavy (non-hydrogen) atoms. The summed E-state index contributed by atoms with van der Waals surface area (Å²) in [4.78, 5) is 12.1. The molecule has 0 aliphatic rings. The van der Waals surface area contributed by atoms with Crippen LogP contribution < -0.4 is 15.9 Å². The number of rotatable bonds is 2. The molecule has 0 saturated carbocycles. The van der Waals surface area contributed by atoms with E-state index in [0.29, 0.717) is 28.3 Å². The lowest BCUT2D eigenvalue weighted by molar-refractivity contribution is 0.417. The summed E-state index contributed by atoms with van der Waals surface area (Å²) in [5, 5.41) is 0.209. The molecule has 0 spiro atoms. The van der Waals surface area contributed by atoms with Crippen LogP contribution in [0.15, 0.2) is 51.7 Å². The molecule has 3 aromatic rings. The number of fused-ring (bicyclic) bond motifs is 1. The van der Waals surface area contributed by atoms with Gasteiger partial charge in [0.1, 0.15) is 22.9 Å². The fourth-order valence-electron chi connectivity index (χ4n) is 2.16. The maximum absolute atomic E-state index is 13.2. The van der Waals surface area contributed by atoms with Crippen molar-refractivity contribution >= 4 is 16.7 Å². The minimum absolute atomic E-state index is 0.209. The van der Waals surface area contributed by atoms with Gasteiger partial charge < -0.3 is 14.9 Å². The van der Waals surface area contributed by atoms with E-state index >= 15 is 0 Å². The summed E-state index contributed by atoms with van der Waals surface area (Å²) in [6.07, 6.45) is 0. The fraction of sp³-hybridized carbons (Fsp3) is 0.0625. The Balaban J connectivity index is 2.19. The monoisotopic (exact) mass is 285 g/mol. The molecule has 0 saturated heterocycles. The van der Waals surface area contributed by atoms with Crippen molar-refractivity contribution in [2.24, 2.45) is 0 Å². The second kappa shape index (κ2) is 4.94. The van der Waals surface area contributed by atoms with Gasteiger partial charge in [0.2, 0.25) is 0 Å². The van der Waals surface area contributed by atoms with E-state index in [1.54, 1.807) is 18.2 Å². The largest absolute Gasteiger partial charge is 0.495 e. The molecule has 106 valence electrons. The second-order valence-corrected chi connectivity index (χ2v) is 4.57. The van der Waals surface area contributed by atoms with Gasteiger partial charge in [0.05, 0.1) is 18.2 Å². The lowest BCUT2D eigenvalue weighted by Crippen LogP contribution is -2.01. The number of benzene rings is 2. The molecule has 0 unspecified atom stereocenters. The fourth-order valence-corrected chi connectivity index (χ4v) is 2.16. The molecule has 4 nitrogen and oxygen atoms in total. The summed E-state index contributed by atoms with van der Waals surface area (Å²) >= 11 is 0. The summed E-state index contributed by atoms with van der Waals surface area (Å²) < 4.78 is 23.9. The van der Waals surface area contributed by atoms with Gasteiger partial charge in [-0.2, -0.15) is 0 Å². The van der Waals surface area contributed by atoms with Crippen molar-refractivity contribution in [1.29, 1.82) is 0 Å². The van der Waals surface area contributed by atoms with E-state index in [0.717, 1.165) is 6.07 Å². The lowest BCUT2D eigenvalue weighted by Gasteiger charge is -2.07. The van der Waals surface area contributed by atoms with Crippen LogP contribution in [0.1, 0.15) is 0 Å². The predicted octanol–water partition coefficient (Wildman–Crippen LogP) is 3.19. The molecule has 1 aromatic heterocycles. The van der Waals surface area contributed by atoms with Crippen LogP contribution in [0.25, 0.3) is 22.3 Å². The van der Waals surface area contributed by atoms with Crippen LogP contribution in [0, 0.1) is 5.82 Å². The highest BCUT2D eigenvalue weighted by Gasteiger charge is 2.09. The van der Waals surface area contributed by atoms with Crippen molar-refractivity contribution in [2.45, 2.75) is 0 Å². The Bertz CT molecular complexity index is 886. The van der Waals surface area contributed by atoms with Crippen LogP contribution in [-0.4, -0.2) is 7.11 Å². The van der Waals surface area contributed by atoms with Crippen LogP contribution in [0.4, 0.5) is 10.1 Å². The van der Waals surface area contributed by atoms with Crippen molar-refractivity contribution in [1.82, 2.24) is 0 Å². The van der Waals surface area contributed by atoms with E-state index in [-0.39, 0.29) is 10.8 Å². The number of hydrogen-bond acceptors (Lipinski definition) is 4. The number of nitrogens with two attached hydrogens (primary N) is 1. The van der Waals surface area contributed by atoms with Gasteiger partial charge in [0, 0.05) is 11.6 Å². The zero-order chi connectivity index (χ0) is 15.0. The summed E-state index contributed by atoms with van der Waals surface area (Å²) in [7, 11) is 1.52. The summed E-state index contributed by atoms with van der Waals surface area (Å²) in [6.45, 7) is 0. The van der Waals surface area contributed by atoms with Gasteiger partial charge in [-0.3, -0.25) is 4.79 Å². The molecule has 5 heteroatoms. The Labute approximate surface area is 119 Å². The minimum Gasteiger partial charge on any atom is -0.495 e. The Morgan fingerprint density at radius 3 is 2.67 bits per heavy atom. The highest BCUT2D eigenvalue weighted by molar-refractivity contribution is 5.79. The molecule has 0 atom stereocenters. The second-order valence-electron chi connectivity index (χ2n) is 4.57. The Kier molecular flexibility index (Phi) is 3.10. The molecule has 2 aromatic carbocycles. The molecule has 0 fully saturated rings. The summed E-state index contributed by atoms with van der Waals surface area (Å²) in [6, 6.07) is 10.3. The zero-order valence-electron chi connectivity index (χ0n) is 11.2. The normalized spacial score (nSPS) is 10.8. The lowest BCUT2D eigenvalue weighted by atomic mass is 10.1. The molecular weight excluding hydrogens is 273 g/mol. The first-order valence-electron chi connectivity index (χ1n) is 6.26. The molecule has 0 aliphatic carbocycles. The highest BCUT2D eigenvalue weighted by Crippen LogP contribution is 2.29. The van der Waals surface area contributed by atoms with Gasteiger partial charge >= 0.3 is 0 Å². The zero-order valence-corrected chi connectivity index (χ0v) is 11.2.